The van der Waals surface area contributed by atoms with E-state index in [4.69, 9.17) is 9.84 Å². The van der Waals surface area contributed by atoms with Crippen LogP contribution < -0.4 is 4.90 Å². The summed E-state index contributed by atoms with van der Waals surface area (Å²) in [6.07, 6.45) is 0.0391. The van der Waals surface area contributed by atoms with E-state index in [0.29, 0.717) is 18.7 Å². The molecule has 0 aliphatic carbocycles. The van der Waals surface area contributed by atoms with Crippen LogP contribution >= 0.6 is 11.3 Å². The van der Waals surface area contributed by atoms with Crippen molar-refractivity contribution >= 4 is 28.3 Å². The molecule has 1 rings (SSSR count). The highest BCUT2D eigenvalue weighted by Crippen LogP contribution is 2.33. The zero-order valence-electron chi connectivity index (χ0n) is 12.3. The van der Waals surface area contributed by atoms with Crippen molar-refractivity contribution in [2.75, 3.05) is 18.1 Å². The van der Waals surface area contributed by atoms with Crippen LogP contribution in [0.25, 0.3) is 0 Å². The second kappa shape index (κ2) is 7.28. The Hall–Kier alpha value is -1.56. The molecular weight excluding hydrogens is 278 g/mol. The smallest absolute Gasteiger partial charge is 0.341 e. The van der Waals surface area contributed by atoms with E-state index in [1.807, 2.05) is 25.7 Å². The number of rotatable bonds is 7. The first-order valence-corrected chi connectivity index (χ1v) is 7.44. The van der Waals surface area contributed by atoms with Crippen molar-refractivity contribution < 1.29 is 19.4 Å². The molecule has 1 heterocycles. The van der Waals surface area contributed by atoms with Crippen molar-refractivity contribution in [1.29, 1.82) is 0 Å². The highest BCUT2D eigenvalue weighted by atomic mass is 32.1. The summed E-state index contributed by atoms with van der Waals surface area (Å²) < 4.78 is 5.06. The first-order valence-electron chi connectivity index (χ1n) is 6.62. The Bertz CT molecular complexity index is 482. The Labute approximate surface area is 123 Å². The molecule has 20 heavy (non-hydrogen) atoms. The summed E-state index contributed by atoms with van der Waals surface area (Å²) in [4.78, 5) is 25.7. The molecular formula is C14H21NO4S. The van der Waals surface area contributed by atoms with Crippen molar-refractivity contribution in [2.24, 2.45) is 0 Å². The lowest BCUT2D eigenvalue weighted by Gasteiger charge is -2.27. The van der Waals surface area contributed by atoms with Crippen LogP contribution in [-0.4, -0.2) is 36.2 Å². The standard InChI is InChI=1S/C14H21NO4S/c1-5-19-14(18)11-8-10(4)20-13(11)15(9(2)3)7-6-12(16)17/h8-9H,5-7H2,1-4H3,(H,16,17). The van der Waals surface area contributed by atoms with E-state index < -0.39 is 5.97 Å². The molecule has 0 fully saturated rings. The molecule has 1 aromatic rings. The van der Waals surface area contributed by atoms with Crippen LogP contribution in [0.3, 0.4) is 0 Å². The predicted octanol–water partition coefficient (Wildman–Crippen LogP) is 2.92. The highest BCUT2D eigenvalue weighted by molar-refractivity contribution is 7.16. The minimum atomic E-state index is -0.846. The van der Waals surface area contributed by atoms with E-state index in [1.54, 1.807) is 13.0 Å². The third kappa shape index (κ3) is 4.23. The van der Waals surface area contributed by atoms with E-state index in [1.165, 1.54) is 11.3 Å². The van der Waals surface area contributed by atoms with Crippen LogP contribution in [0.15, 0.2) is 6.07 Å². The van der Waals surface area contributed by atoms with Crippen molar-refractivity contribution in [3.8, 4) is 0 Å². The molecule has 0 atom stereocenters. The van der Waals surface area contributed by atoms with Gasteiger partial charge in [-0.2, -0.15) is 0 Å². The fourth-order valence-electron chi connectivity index (χ4n) is 1.88. The maximum absolute atomic E-state index is 12.0. The van der Waals surface area contributed by atoms with Crippen LogP contribution in [0, 0.1) is 6.92 Å². The lowest BCUT2D eigenvalue weighted by Crippen LogP contribution is -2.33. The van der Waals surface area contributed by atoms with Gasteiger partial charge in [-0.15, -0.1) is 11.3 Å². The fraction of sp³-hybridized carbons (Fsp3) is 0.571. The number of hydrogen-bond donors (Lipinski definition) is 1. The maximum atomic E-state index is 12.0. The van der Waals surface area contributed by atoms with Gasteiger partial charge in [0.2, 0.25) is 0 Å². The molecule has 0 aliphatic heterocycles. The molecule has 0 bridgehead atoms. The molecule has 0 spiro atoms. The minimum absolute atomic E-state index is 0.0391. The molecule has 0 unspecified atom stereocenters. The Balaban J connectivity index is 3.06. The number of carbonyl (C=O) groups is 2. The molecule has 0 radical (unpaired) electrons. The summed E-state index contributed by atoms with van der Waals surface area (Å²) in [6, 6.07) is 1.91. The Morgan fingerprint density at radius 3 is 2.60 bits per heavy atom. The largest absolute Gasteiger partial charge is 0.481 e. The Morgan fingerprint density at radius 1 is 1.45 bits per heavy atom. The zero-order chi connectivity index (χ0) is 15.3. The molecule has 1 aromatic heterocycles. The van der Waals surface area contributed by atoms with Crippen LogP contribution in [0.1, 0.15) is 42.4 Å². The first-order chi connectivity index (χ1) is 9.36. The first kappa shape index (κ1) is 16.5. The molecule has 0 amide bonds. The molecule has 1 N–H and O–H groups in total. The van der Waals surface area contributed by atoms with Crippen LogP contribution in [-0.2, 0) is 9.53 Å². The van der Waals surface area contributed by atoms with Gasteiger partial charge in [0.15, 0.2) is 0 Å². The van der Waals surface area contributed by atoms with Crippen LogP contribution in [0.4, 0.5) is 5.00 Å². The van der Waals surface area contributed by atoms with Gasteiger partial charge in [-0.05, 0) is 33.8 Å². The number of carbonyl (C=O) groups excluding carboxylic acids is 1. The number of thiophene rings is 1. The summed E-state index contributed by atoms with van der Waals surface area (Å²) in [5, 5.41) is 9.63. The predicted molar refractivity (Wildman–Crippen MR) is 79.7 cm³/mol. The van der Waals surface area contributed by atoms with Gasteiger partial charge in [-0.3, -0.25) is 4.79 Å². The van der Waals surface area contributed by atoms with Crippen LogP contribution in [0.2, 0.25) is 0 Å². The summed E-state index contributed by atoms with van der Waals surface area (Å²) in [7, 11) is 0. The lowest BCUT2D eigenvalue weighted by molar-refractivity contribution is -0.136. The monoisotopic (exact) mass is 299 g/mol. The average molecular weight is 299 g/mol. The number of carboxylic acid groups (broad SMARTS) is 1. The number of carboxylic acids is 1. The van der Waals surface area contributed by atoms with Gasteiger partial charge in [0.1, 0.15) is 5.00 Å². The average Bonchev–Trinajstić information content (AvgIpc) is 2.71. The normalized spacial score (nSPS) is 10.7. The van der Waals surface area contributed by atoms with E-state index in [0.717, 1.165) is 9.88 Å². The number of hydrogen-bond acceptors (Lipinski definition) is 5. The van der Waals surface area contributed by atoms with E-state index in [-0.39, 0.29) is 18.4 Å². The van der Waals surface area contributed by atoms with E-state index >= 15 is 0 Å². The van der Waals surface area contributed by atoms with Crippen molar-refractivity contribution in [1.82, 2.24) is 0 Å². The number of nitrogens with zero attached hydrogens (tertiary/aromatic N) is 1. The SMILES string of the molecule is CCOC(=O)c1cc(C)sc1N(CCC(=O)O)C(C)C. The summed E-state index contributed by atoms with van der Waals surface area (Å²) in [5.74, 6) is -1.20. The number of anilines is 1. The van der Waals surface area contributed by atoms with Gasteiger partial charge in [0, 0.05) is 17.5 Å². The van der Waals surface area contributed by atoms with Gasteiger partial charge in [-0.25, -0.2) is 4.79 Å². The van der Waals surface area contributed by atoms with Gasteiger partial charge in [0.05, 0.1) is 18.6 Å². The Morgan fingerprint density at radius 2 is 2.10 bits per heavy atom. The van der Waals surface area contributed by atoms with Crippen molar-refractivity contribution in [3.63, 3.8) is 0 Å². The number of aryl methyl sites for hydroxylation is 1. The van der Waals surface area contributed by atoms with E-state index in [9.17, 15) is 9.59 Å². The number of ether oxygens (including phenoxy) is 1. The minimum Gasteiger partial charge on any atom is -0.481 e. The molecule has 5 nitrogen and oxygen atoms in total. The fourth-order valence-corrected chi connectivity index (χ4v) is 3.03. The zero-order valence-corrected chi connectivity index (χ0v) is 13.1. The molecule has 0 saturated heterocycles. The summed E-state index contributed by atoms with van der Waals surface area (Å²) >= 11 is 1.49. The number of esters is 1. The number of aliphatic carboxylic acids is 1. The second-order valence-corrected chi connectivity index (χ2v) is 5.96. The van der Waals surface area contributed by atoms with Crippen LogP contribution in [0.5, 0.6) is 0 Å². The molecule has 6 heteroatoms. The molecule has 0 aromatic carbocycles. The van der Waals surface area contributed by atoms with Gasteiger partial charge < -0.3 is 14.7 Å². The third-order valence-electron chi connectivity index (χ3n) is 2.78. The quantitative estimate of drug-likeness (QED) is 0.784. The summed E-state index contributed by atoms with van der Waals surface area (Å²) in [5.41, 5.74) is 0.522. The highest BCUT2D eigenvalue weighted by Gasteiger charge is 2.23. The Kier molecular flexibility index (Phi) is 6.01. The molecule has 0 saturated carbocycles. The summed E-state index contributed by atoms with van der Waals surface area (Å²) in [6.45, 7) is 8.34. The topological polar surface area (TPSA) is 66.8 Å². The second-order valence-electron chi connectivity index (χ2n) is 4.73. The molecule has 0 aliphatic rings. The third-order valence-corrected chi connectivity index (χ3v) is 3.87. The van der Waals surface area contributed by atoms with Gasteiger partial charge in [0.25, 0.3) is 0 Å². The van der Waals surface area contributed by atoms with Gasteiger partial charge in [-0.1, -0.05) is 0 Å². The van der Waals surface area contributed by atoms with Gasteiger partial charge >= 0.3 is 11.9 Å². The van der Waals surface area contributed by atoms with E-state index in [2.05, 4.69) is 0 Å². The lowest BCUT2D eigenvalue weighted by atomic mass is 10.2. The van der Waals surface area contributed by atoms with Crippen molar-refractivity contribution in [3.05, 3.63) is 16.5 Å². The van der Waals surface area contributed by atoms with Crippen molar-refractivity contribution in [2.45, 2.75) is 40.2 Å². The maximum Gasteiger partial charge on any atom is 0.341 e. The molecule has 112 valence electrons.